The van der Waals surface area contributed by atoms with E-state index in [2.05, 4.69) is 4.98 Å². The van der Waals surface area contributed by atoms with Gasteiger partial charge in [0.05, 0.1) is 26.4 Å². The molecule has 0 radical (unpaired) electrons. The molecule has 1 aliphatic rings. The van der Waals surface area contributed by atoms with Crippen LogP contribution in [0.25, 0.3) is 0 Å². The van der Waals surface area contributed by atoms with Crippen LogP contribution in [0.1, 0.15) is 24.2 Å². The number of pyridine rings is 1. The Morgan fingerprint density at radius 1 is 1.25 bits per heavy atom. The van der Waals surface area contributed by atoms with Crippen molar-refractivity contribution in [1.29, 1.82) is 0 Å². The van der Waals surface area contributed by atoms with Crippen molar-refractivity contribution in [3.63, 3.8) is 0 Å². The summed E-state index contributed by atoms with van der Waals surface area (Å²) in [7, 11) is 3.01. The normalized spacial score (nSPS) is 22.5. The minimum absolute atomic E-state index is 0.0277. The summed E-state index contributed by atoms with van der Waals surface area (Å²) in [6.45, 7) is 5.05. The first-order chi connectivity index (χ1) is 9.55. The first-order valence-electron chi connectivity index (χ1n) is 6.59. The quantitative estimate of drug-likeness (QED) is 0.836. The second kappa shape index (κ2) is 6.09. The molecule has 1 amide bonds. The molecule has 1 aromatic heterocycles. The number of hydrogen-bond donors (Lipinski definition) is 0. The van der Waals surface area contributed by atoms with Crippen LogP contribution in [0.15, 0.2) is 12.1 Å². The number of methoxy groups -OCH3 is 2. The molecular formula is C14H20N2O4. The van der Waals surface area contributed by atoms with Crippen molar-refractivity contribution < 1.29 is 19.0 Å². The lowest BCUT2D eigenvalue weighted by atomic mass is 10.1. The van der Waals surface area contributed by atoms with Crippen LogP contribution >= 0.6 is 0 Å². The van der Waals surface area contributed by atoms with Crippen molar-refractivity contribution in [2.75, 3.05) is 27.3 Å². The average molecular weight is 280 g/mol. The zero-order valence-electron chi connectivity index (χ0n) is 12.3. The predicted octanol–water partition coefficient (Wildman–Crippen LogP) is 1.35. The fourth-order valence-electron chi connectivity index (χ4n) is 2.37. The predicted molar refractivity (Wildman–Crippen MR) is 73.3 cm³/mol. The van der Waals surface area contributed by atoms with Crippen LogP contribution in [0, 0.1) is 0 Å². The molecule has 0 saturated carbocycles. The highest BCUT2D eigenvalue weighted by molar-refractivity contribution is 5.96. The fourth-order valence-corrected chi connectivity index (χ4v) is 2.37. The van der Waals surface area contributed by atoms with Crippen LogP contribution in [-0.2, 0) is 4.74 Å². The van der Waals surface area contributed by atoms with E-state index >= 15 is 0 Å². The van der Waals surface area contributed by atoms with Gasteiger partial charge in [0.25, 0.3) is 5.91 Å². The van der Waals surface area contributed by atoms with Crippen LogP contribution in [-0.4, -0.2) is 55.3 Å². The van der Waals surface area contributed by atoms with Crippen molar-refractivity contribution in [2.45, 2.75) is 26.1 Å². The Hall–Kier alpha value is -1.82. The highest BCUT2D eigenvalue weighted by Crippen LogP contribution is 2.23. The van der Waals surface area contributed by atoms with Crippen LogP contribution in [0.5, 0.6) is 11.8 Å². The van der Waals surface area contributed by atoms with Gasteiger partial charge in [-0.15, -0.1) is 0 Å². The lowest BCUT2D eigenvalue weighted by Crippen LogP contribution is -2.48. The van der Waals surface area contributed by atoms with E-state index in [-0.39, 0.29) is 24.0 Å². The molecule has 1 aliphatic heterocycles. The summed E-state index contributed by atoms with van der Waals surface area (Å²) in [6, 6.07) is 3.33. The van der Waals surface area contributed by atoms with Gasteiger partial charge in [-0.3, -0.25) is 4.79 Å². The second-order valence-electron chi connectivity index (χ2n) is 4.88. The lowest BCUT2D eigenvalue weighted by molar-refractivity contribution is -0.0586. The molecular weight excluding hydrogens is 260 g/mol. The lowest BCUT2D eigenvalue weighted by Gasteiger charge is -2.35. The third kappa shape index (κ3) is 3.01. The number of ether oxygens (including phenoxy) is 3. The van der Waals surface area contributed by atoms with E-state index in [0.717, 1.165) is 0 Å². The maximum Gasteiger partial charge on any atom is 0.259 e. The zero-order valence-corrected chi connectivity index (χ0v) is 12.3. The van der Waals surface area contributed by atoms with Gasteiger partial charge in [0.2, 0.25) is 11.8 Å². The molecule has 2 rings (SSSR count). The van der Waals surface area contributed by atoms with E-state index in [1.54, 1.807) is 17.0 Å². The number of carbonyl (C=O) groups is 1. The van der Waals surface area contributed by atoms with E-state index in [9.17, 15) is 4.79 Å². The van der Waals surface area contributed by atoms with Gasteiger partial charge in [-0.2, -0.15) is 4.98 Å². The van der Waals surface area contributed by atoms with Gasteiger partial charge < -0.3 is 19.1 Å². The van der Waals surface area contributed by atoms with Crippen molar-refractivity contribution in [1.82, 2.24) is 9.88 Å². The summed E-state index contributed by atoms with van der Waals surface area (Å²) in [6.07, 6.45) is 0.0554. The van der Waals surface area contributed by atoms with E-state index in [4.69, 9.17) is 14.2 Å². The minimum atomic E-state index is -0.0981. The molecule has 6 nitrogen and oxygen atoms in total. The van der Waals surface area contributed by atoms with Gasteiger partial charge >= 0.3 is 0 Å². The maximum absolute atomic E-state index is 12.6. The summed E-state index contributed by atoms with van der Waals surface area (Å²) >= 11 is 0. The zero-order chi connectivity index (χ0) is 14.7. The molecule has 2 heterocycles. The van der Waals surface area contributed by atoms with E-state index in [1.807, 2.05) is 13.8 Å². The summed E-state index contributed by atoms with van der Waals surface area (Å²) in [5.41, 5.74) is 0.439. The van der Waals surface area contributed by atoms with Crippen LogP contribution < -0.4 is 9.47 Å². The third-order valence-electron chi connectivity index (χ3n) is 3.17. The Bertz CT molecular complexity index is 482. The largest absolute Gasteiger partial charge is 0.481 e. The van der Waals surface area contributed by atoms with Crippen LogP contribution in [0.2, 0.25) is 0 Å². The number of morpholine rings is 1. The van der Waals surface area contributed by atoms with Gasteiger partial charge in [0.1, 0.15) is 5.56 Å². The number of nitrogens with zero attached hydrogens (tertiary/aromatic N) is 2. The Labute approximate surface area is 118 Å². The highest BCUT2D eigenvalue weighted by atomic mass is 16.5. The Morgan fingerprint density at radius 3 is 2.45 bits per heavy atom. The first-order valence-corrected chi connectivity index (χ1v) is 6.59. The third-order valence-corrected chi connectivity index (χ3v) is 3.17. The monoisotopic (exact) mass is 280 g/mol. The van der Waals surface area contributed by atoms with Gasteiger partial charge in [0.15, 0.2) is 0 Å². The molecule has 6 heteroatoms. The number of carbonyl (C=O) groups excluding carboxylic acids is 1. The summed E-state index contributed by atoms with van der Waals surface area (Å²) in [5, 5.41) is 0. The van der Waals surface area contributed by atoms with Gasteiger partial charge in [-0.05, 0) is 19.9 Å². The first kappa shape index (κ1) is 14.6. The Morgan fingerprint density at radius 2 is 1.90 bits per heavy atom. The topological polar surface area (TPSA) is 60.9 Å². The van der Waals surface area contributed by atoms with Crippen molar-refractivity contribution in [3.8, 4) is 11.8 Å². The van der Waals surface area contributed by atoms with Crippen LogP contribution in [0.4, 0.5) is 0 Å². The molecule has 0 spiro atoms. The fraction of sp³-hybridized carbons (Fsp3) is 0.571. The molecule has 0 aromatic carbocycles. The molecule has 1 aromatic rings. The SMILES string of the molecule is COc1ccc(C(=O)N2C[C@@H](C)O[C@@H](C)C2)c(OC)n1. The molecule has 20 heavy (non-hydrogen) atoms. The molecule has 1 saturated heterocycles. The van der Waals surface area contributed by atoms with E-state index < -0.39 is 0 Å². The van der Waals surface area contributed by atoms with Crippen LogP contribution in [0.3, 0.4) is 0 Å². The molecule has 110 valence electrons. The molecule has 0 aliphatic carbocycles. The molecule has 0 bridgehead atoms. The second-order valence-corrected chi connectivity index (χ2v) is 4.88. The summed E-state index contributed by atoms with van der Waals surface area (Å²) in [4.78, 5) is 18.5. The smallest absolute Gasteiger partial charge is 0.259 e. The van der Waals surface area contributed by atoms with Crippen molar-refractivity contribution in [2.24, 2.45) is 0 Å². The van der Waals surface area contributed by atoms with Gasteiger partial charge in [0, 0.05) is 19.2 Å². The highest BCUT2D eigenvalue weighted by Gasteiger charge is 2.28. The van der Waals surface area contributed by atoms with Gasteiger partial charge in [-0.25, -0.2) is 0 Å². The van der Waals surface area contributed by atoms with E-state index in [1.165, 1.54) is 14.2 Å². The van der Waals surface area contributed by atoms with Gasteiger partial charge in [-0.1, -0.05) is 0 Å². The standard InChI is InChI=1S/C14H20N2O4/c1-9-7-16(8-10(2)20-9)14(17)11-5-6-12(18-3)15-13(11)19-4/h5-6,9-10H,7-8H2,1-4H3/t9-,10+. The number of rotatable bonds is 3. The summed E-state index contributed by atoms with van der Waals surface area (Å²) < 4.78 is 15.9. The minimum Gasteiger partial charge on any atom is -0.481 e. The summed E-state index contributed by atoms with van der Waals surface area (Å²) in [5.74, 6) is 0.599. The number of hydrogen-bond acceptors (Lipinski definition) is 5. The Kier molecular flexibility index (Phi) is 4.44. The number of amides is 1. The van der Waals surface area contributed by atoms with Crippen molar-refractivity contribution >= 4 is 5.91 Å². The average Bonchev–Trinajstić information content (AvgIpc) is 2.44. The Balaban J connectivity index is 2.24. The molecule has 0 N–H and O–H groups in total. The molecule has 1 fully saturated rings. The molecule has 2 atom stereocenters. The van der Waals surface area contributed by atoms with Crippen molar-refractivity contribution in [3.05, 3.63) is 17.7 Å². The number of aromatic nitrogens is 1. The maximum atomic E-state index is 12.6. The van der Waals surface area contributed by atoms with E-state index in [0.29, 0.717) is 24.5 Å². The molecule has 0 unspecified atom stereocenters.